The Hall–Kier alpha value is -1.07. The first kappa shape index (κ1) is 13.4. The number of carbonyl (C=O) groups excluding carboxylic acids is 1. The van der Waals surface area contributed by atoms with Crippen LogP contribution in [0.25, 0.3) is 0 Å². The number of thiol groups is 1. The Morgan fingerprint density at radius 3 is 2.72 bits per heavy atom. The highest BCUT2D eigenvalue weighted by molar-refractivity contribution is 7.80. The number of hydrogen-bond donors (Lipinski definition) is 1. The van der Waals surface area contributed by atoms with Crippen molar-refractivity contribution < 1.29 is 13.9 Å². The Labute approximate surface area is 111 Å². The van der Waals surface area contributed by atoms with E-state index in [1.165, 1.54) is 18.2 Å². The molecular weight excluding hydrogens is 253 g/mol. The largest absolute Gasteiger partial charge is 0.381 e. The third kappa shape index (κ3) is 2.84. The van der Waals surface area contributed by atoms with Crippen LogP contribution in [0.5, 0.6) is 0 Å². The summed E-state index contributed by atoms with van der Waals surface area (Å²) in [6.07, 6.45) is 1.80. The van der Waals surface area contributed by atoms with Gasteiger partial charge in [0.1, 0.15) is 5.82 Å². The second-order valence-electron chi connectivity index (χ2n) is 4.39. The summed E-state index contributed by atoms with van der Waals surface area (Å²) in [6.45, 7) is 1.21. The number of rotatable bonds is 2. The lowest BCUT2D eigenvalue weighted by molar-refractivity contribution is 0.0348. The minimum Gasteiger partial charge on any atom is -0.381 e. The van der Waals surface area contributed by atoms with Gasteiger partial charge in [-0.15, -0.1) is 12.6 Å². The van der Waals surface area contributed by atoms with E-state index in [9.17, 15) is 9.18 Å². The average molecular weight is 269 g/mol. The van der Waals surface area contributed by atoms with Gasteiger partial charge in [0.2, 0.25) is 0 Å². The third-order valence-electron chi connectivity index (χ3n) is 3.24. The molecule has 1 heterocycles. The van der Waals surface area contributed by atoms with Crippen molar-refractivity contribution in [1.82, 2.24) is 4.90 Å². The summed E-state index contributed by atoms with van der Waals surface area (Å²) in [5.74, 6) is -0.760. The maximum absolute atomic E-state index is 13.6. The van der Waals surface area contributed by atoms with Crippen molar-refractivity contribution >= 4 is 18.5 Å². The van der Waals surface area contributed by atoms with E-state index in [0.29, 0.717) is 18.0 Å². The van der Waals surface area contributed by atoms with Crippen LogP contribution in [0.4, 0.5) is 4.39 Å². The van der Waals surface area contributed by atoms with E-state index >= 15 is 0 Å². The first-order valence-electron chi connectivity index (χ1n) is 5.92. The summed E-state index contributed by atoms with van der Waals surface area (Å²) in [5.41, 5.74) is 0.0957. The van der Waals surface area contributed by atoms with E-state index in [2.05, 4.69) is 12.6 Å². The van der Waals surface area contributed by atoms with Gasteiger partial charge in [-0.25, -0.2) is 4.39 Å². The van der Waals surface area contributed by atoms with E-state index in [-0.39, 0.29) is 17.6 Å². The number of halogens is 1. The molecule has 1 fully saturated rings. The number of methoxy groups -OCH3 is 1. The summed E-state index contributed by atoms with van der Waals surface area (Å²) in [7, 11) is 1.67. The minimum absolute atomic E-state index is 0.0957. The molecule has 1 aliphatic heterocycles. The molecule has 3 nitrogen and oxygen atoms in total. The first-order valence-corrected chi connectivity index (χ1v) is 6.37. The van der Waals surface area contributed by atoms with Gasteiger partial charge >= 0.3 is 0 Å². The van der Waals surface area contributed by atoms with Gasteiger partial charge in [0, 0.05) is 25.1 Å². The smallest absolute Gasteiger partial charge is 0.256 e. The van der Waals surface area contributed by atoms with Crippen LogP contribution in [0.1, 0.15) is 23.2 Å². The topological polar surface area (TPSA) is 29.5 Å². The summed E-state index contributed by atoms with van der Waals surface area (Å²) in [4.78, 5) is 14.4. The second kappa shape index (κ2) is 5.71. The second-order valence-corrected chi connectivity index (χ2v) is 4.91. The lowest BCUT2D eigenvalue weighted by Crippen LogP contribution is -2.40. The van der Waals surface area contributed by atoms with E-state index < -0.39 is 5.82 Å². The van der Waals surface area contributed by atoms with Crippen molar-refractivity contribution in [3.8, 4) is 0 Å². The maximum atomic E-state index is 13.6. The summed E-state index contributed by atoms with van der Waals surface area (Å²) in [6, 6.07) is 4.28. The van der Waals surface area contributed by atoms with Gasteiger partial charge in [0.05, 0.1) is 11.7 Å². The zero-order valence-electron chi connectivity index (χ0n) is 10.2. The molecule has 0 radical (unpaired) electrons. The molecule has 1 aromatic carbocycles. The highest BCUT2D eigenvalue weighted by Gasteiger charge is 2.25. The number of nitrogens with zero attached hydrogens (tertiary/aromatic N) is 1. The van der Waals surface area contributed by atoms with E-state index in [1.807, 2.05) is 0 Å². The van der Waals surface area contributed by atoms with Gasteiger partial charge in [-0.3, -0.25) is 4.79 Å². The molecule has 1 aromatic rings. The monoisotopic (exact) mass is 269 g/mol. The summed E-state index contributed by atoms with van der Waals surface area (Å²) < 4.78 is 18.9. The predicted octanol–water partition coefficient (Wildman–Crippen LogP) is 2.37. The normalized spacial score (nSPS) is 16.9. The number of ether oxygens (including phenoxy) is 1. The molecular formula is C13H16FNO2S. The molecule has 1 amide bonds. The van der Waals surface area contributed by atoms with Crippen molar-refractivity contribution in [2.24, 2.45) is 0 Å². The fourth-order valence-corrected chi connectivity index (χ4v) is 2.35. The molecule has 98 valence electrons. The molecule has 0 bridgehead atoms. The van der Waals surface area contributed by atoms with Crippen LogP contribution in [0.15, 0.2) is 23.1 Å². The molecule has 0 spiro atoms. The molecule has 0 N–H and O–H groups in total. The SMILES string of the molecule is COC1CCN(C(=O)c2cc(S)ccc2F)CC1. The highest BCUT2D eigenvalue weighted by Crippen LogP contribution is 2.19. The van der Waals surface area contributed by atoms with Crippen LogP contribution in [0.3, 0.4) is 0 Å². The molecule has 0 aromatic heterocycles. The number of carbonyl (C=O) groups is 1. The minimum atomic E-state index is -0.494. The highest BCUT2D eigenvalue weighted by atomic mass is 32.1. The van der Waals surface area contributed by atoms with Crippen LogP contribution in [-0.4, -0.2) is 37.1 Å². The number of likely N-dealkylation sites (tertiary alicyclic amines) is 1. The van der Waals surface area contributed by atoms with Gasteiger partial charge < -0.3 is 9.64 Å². The Kier molecular flexibility index (Phi) is 4.24. The Bertz CT molecular complexity index is 445. The molecule has 1 aliphatic rings. The Balaban J connectivity index is 2.10. The number of amides is 1. The zero-order chi connectivity index (χ0) is 13.1. The molecule has 0 saturated carbocycles. The van der Waals surface area contributed by atoms with Crippen LogP contribution < -0.4 is 0 Å². The van der Waals surface area contributed by atoms with Gasteiger partial charge in [-0.2, -0.15) is 0 Å². The maximum Gasteiger partial charge on any atom is 0.256 e. The van der Waals surface area contributed by atoms with Crippen LogP contribution in [-0.2, 0) is 4.74 Å². The Morgan fingerprint density at radius 2 is 2.11 bits per heavy atom. The number of piperidine rings is 1. The molecule has 5 heteroatoms. The van der Waals surface area contributed by atoms with Crippen molar-refractivity contribution in [3.05, 3.63) is 29.6 Å². The van der Waals surface area contributed by atoms with Gasteiger partial charge in [0.15, 0.2) is 0 Å². The lowest BCUT2D eigenvalue weighted by atomic mass is 10.1. The van der Waals surface area contributed by atoms with Crippen molar-refractivity contribution in [3.63, 3.8) is 0 Å². The average Bonchev–Trinajstić information content (AvgIpc) is 2.41. The van der Waals surface area contributed by atoms with Crippen molar-refractivity contribution in [1.29, 1.82) is 0 Å². The third-order valence-corrected chi connectivity index (χ3v) is 3.52. The molecule has 18 heavy (non-hydrogen) atoms. The molecule has 2 rings (SSSR count). The van der Waals surface area contributed by atoms with Gasteiger partial charge in [0.25, 0.3) is 5.91 Å². The van der Waals surface area contributed by atoms with Crippen LogP contribution in [0, 0.1) is 5.82 Å². The standard InChI is InChI=1S/C13H16FNO2S/c1-17-9-4-6-15(7-5-9)13(16)11-8-10(18)2-3-12(11)14/h2-3,8-9,18H,4-7H2,1H3. The Morgan fingerprint density at radius 1 is 1.44 bits per heavy atom. The number of benzene rings is 1. The zero-order valence-corrected chi connectivity index (χ0v) is 11.1. The molecule has 0 unspecified atom stereocenters. The summed E-state index contributed by atoms with van der Waals surface area (Å²) in [5, 5.41) is 0. The van der Waals surface area contributed by atoms with Gasteiger partial charge in [-0.05, 0) is 31.0 Å². The van der Waals surface area contributed by atoms with Crippen LogP contribution in [0.2, 0.25) is 0 Å². The first-order chi connectivity index (χ1) is 8.61. The van der Waals surface area contributed by atoms with Crippen molar-refractivity contribution in [2.75, 3.05) is 20.2 Å². The predicted molar refractivity (Wildman–Crippen MR) is 69.6 cm³/mol. The van der Waals surface area contributed by atoms with E-state index in [4.69, 9.17) is 4.74 Å². The summed E-state index contributed by atoms with van der Waals surface area (Å²) >= 11 is 4.13. The van der Waals surface area contributed by atoms with Crippen molar-refractivity contribution in [2.45, 2.75) is 23.8 Å². The van der Waals surface area contributed by atoms with Gasteiger partial charge in [-0.1, -0.05) is 0 Å². The fourth-order valence-electron chi connectivity index (χ4n) is 2.14. The molecule has 0 atom stereocenters. The fraction of sp³-hybridized carbons (Fsp3) is 0.462. The van der Waals surface area contributed by atoms with E-state index in [0.717, 1.165) is 12.8 Å². The van der Waals surface area contributed by atoms with Crippen LogP contribution >= 0.6 is 12.6 Å². The molecule has 1 saturated heterocycles. The quantitative estimate of drug-likeness (QED) is 0.835. The molecule has 0 aliphatic carbocycles. The number of hydrogen-bond acceptors (Lipinski definition) is 3. The lowest BCUT2D eigenvalue weighted by Gasteiger charge is -2.31. The van der Waals surface area contributed by atoms with E-state index in [1.54, 1.807) is 12.0 Å².